The summed E-state index contributed by atoms with van der Waals surface area (Å²) in [6.07, 6.45) is -0.557. The number of nitrogens with two attached hydrogens (primary N) is 1. The fourth-order valence-corrected chi connectivity index (χ4v) is 3.26. The Morgan fingerprint density at radius 3 is 2.88 bits per heavy atom. The second-order valence-electron chi connectivity index (χ2n) is 6.31. The first-order valence-electron chi connectivity index (χ1n) is 8.31. The van der Waals surface area contributed by atoms with E-state index in [1.165, 1.54) is 4.90 Å². The van der Waals surface area contributed by atoms with Crippen molar-refractivity contribution in [3.8, 4) is 0 Å². The van der Waals surface area contributed by atoms with Crippen LogP contribution in [0.2, 0.25) is 0 Å². The zero-order valence-corrected chi connectivity index (χ0v) is 13.8. The fraction of sp³-hybridized carbons (Fsp3) is 0.471. The van der Waals surface area contributed by atoms with E-state index in [1.54, 1.807) is 12.1 Å². The summed E-state index contributed by atoms with van der Waals surface area (Å²) < 4.78 is 13.2. The lowest BCUT2D eigenvalue weighted by Gasteiger charge is -2.29. The molecule has 0 radical (unpaired) electrons. The Morgan fingerprint density at radius 2 is 2.16 bits per heavy atom. The van der Waals surface area contributed by atoms with Gasteiger partial charge in [-0.05, 0) is 23.6 Å². The number of halogens is 1. The van der Waals surface area contributed by atoms with E-state index in [-0.39, 0.29) is 31.3 Å². The fourth-order valence-electron chi connectivity index (χ4n) is 3.26. The molecule has 8 heteroatoms. The van der Waals surface area contributed by atoms with Crippen LogP contribution in [0.5, 0.6) is 0 Å². The first-order valence-corrected chi connectivity index (χ1v) is 8.31. The van der Waals surface area contributed by atoms with Gasteiger partial charge in [0.25, 0.3) is 5.91 Å². The van der Waals surface area contributed by atoms with Crippen molar-refractivity contribution >= 4 is 17.7 Å². The number of carbonyl (C=O) groups excluding carboxylic acids is 3. The Bertz CT molecular complexity index is 709. The monoisotopic (exact) mass is 348 g/mol. The van der Waals surface area contributed by atoms with E-state index < -0.39 is 18.1 Å². The standard InChI is InChI=1S/C17H21FN4O3/c18-11(6-19)8-20-7-10-2-1-3-12-13(10)9-22(17(12)25)14-4-5-15(23)21-16(14)24/h1-3,11,14,20H,4-9,19H2,(H,21,23,24). The summed E-state index contributed by atoms with van der Waals surface area (Å²) in [5.41, 5.74) is 7.54. The molecule has 2 heterocycles. The highest BCUT2D eigenvalue weighted by Gasteiger charge is 2.39. The first kappa shape index (κ1) is 17.5. The van der Waals surface area contributed by atoms with Gasteiger partial charge in [0.2, 0.25) is 11.8 Å². The van der Waals surface area contributed by atoms with Crippen LogP contribution in [0, 0.1) is 0 Å². The van der Waals surface area contributed by atoms with E-state index in [1.807, 2.05) is 6.07 Å². The smallest absolute Gasteiger partial charge is 0.255 e. The molecule has 25 heavy (non-hydrogen) atoms. The molecule has 0 saturated carbocycles. The number of benzene rings is 1. The Hall–Kier alpha value is -2.32. The number of amides is 3. The van der Waals surface area contributed by atoms with Crippen molar-refractivity contribution in [3.63, 3.8) is 0 Å². The minimum atomic E-state index is -1.11. The van der Waals surface area contributed by atoms with Crippen LogP contribution >= 0.6 is 0 Å². The summed E-state index contributed by atoms with van der Waals surface area (Å²) in [6, 6.07) is 4.75. The maximum Gasteiger partial charge on any atom is 0.255 e. The van der Waals surface area contributed by atoms with Crippen LogP contribution in [0.15, 0.2) is 18.2 Å². The summed E-state index contributed by atoms with van der Waals surface area (Å²) in [4.78, 5) is 37.5. The largest absolute Gasteiger partial charge is 0.328 e. The number of carbonyl (C=O) groups is 3. The Morgan fingerprint density at radius 1 is 1.36 bits per heavy atom. The number of piperidine rings is 1. The number of fused-ring (bicyclic) bond motifs is 1. The summed E-state index contributed by atoms with van der Waals surface area (Å²) in [6.45, 7) is 0.834. The van der Waals surface area contributed by atoms with Crippen molar-refractivity contribution in [3.05, 3.63) is 34.9 Å². The van der Waals surface area contributed by atoms with Gasteiger partial charge >= 0.3 is 0 Å². The van der Waals surface area contributed by atoms with Crippen LogP contribution in [0.1, 0.15) is 34.3 Å². The molecule has 3 amide bonds. The van der Waals surface area contributed by atoms with E-state index >= 15 is 0 Å². The second-order valence-corrected chi connectivity index (χ2v) is 6.31. The highest BCUT2D eigenvalue weighted by molar-refractivity contribution is 6.05. The van der Waals surface area contributed by atoms with Gasteiger partial charge < -0.3 is 16.0 Å². The van der Waals surface area contributed by atoms with E-state index in [0.717, 1.165) is 11.1 Å². The van der Waals surface area contributed by atoms with Crippen LogP contribution in [-0.4, -0.2) is 47.9 Å². The highest BCUT2D eigenvalue weighted by atomic mass is 19.1. The summed E-state index contributed by atoms with van der Waals surface area (Å²) >= 11 is 0. The predicted molar refractivity (Wildman–Crippen MR) is 88.1 cm³/mol. The summed E-state index contributed by atoms with van der Waals surface area (Å²) in [5.74, 6) is -0.951. The minimum Gasteiger partial charge on any atom is -0.328 e. The SMILES string of the molecule is NCC(F)CNCc1cccc2c1CN(C1CCC(=O)NC1=O)C2=O. The van der Waals surface area contributed by atoms with Gasteiger partial charge in [0.05, 0.1) is 0 Å². The lowest BCUT2D eigenvalue weighted by atomic mass is 10.0. The third-order valence-electron chi connectivity index (χ3n) is 4.62. The third kappa shape index (κ3) is 3.54. The van der Waals surface area contributed by atoms with Gasteiger partial charge in [-0.1, -0.05) is 12.1 Å². The Kier molecular flexibility index (Phi) is 5.10. The third-order valence-corrected chi connectivity index (χ3v) is 4.62. The molecule has 4 N–H and O–H groups in total. The summed E-state index contributed by atoms with van der Waals surface area (Å²) in [5, 5.41) is 5.28. The number of alkyl halides is 1. The van der Waals surface area contributed by atoms with Crippen LogP contribution in [0.3, 0.4) is 0 Å². The molecule has 3 rings (SSSR count). The average molecular weight is 348 g/mol. The van der Waals surface area contributed by atoms with Crippen molar-refractivity contribution < 1.29 is 18.8 Å². The van der Waals surface area contributed by atoms with Crippen LogP contribution < -0.4 is 16.4 Å². The van der Waals surface area contributed by atoms with Gasteiger partial charge in [-0.15, -0.1) is 0 Å². The van der Waals surface area contributed by atoms with Crippen molar-refractivity contribution in [2.75, 3.05) is 13.1 Å². The van der Waals surface area contributed by atoms with Crippen molar-refractivity contribution in [2.24, 2.45) is 5.73 Å². The van der Waals surface area contributed by atoms with Gasteiger partial charge in [0, 0.05) is 38.2 Å². The molecule has 2 unspecified atom stereocenters. The minimum absolute atomic E-state index is 0.0400. The molecule has 0 aromatic heterocycles. The molecule has 7 nitrogen and oxygen atoms in total. The molecule has 0 aliphatic carbocycles. The van der Waals surface area contributed by atoms with Crippen LogP contribution in [-0.2, 0) is 22.7 Å². The van der Waals surface area contributed by atoms with Gasteiger partial charge in [0.15, 0.2) is 0 Å². The van der Waals surface area contributed by atoms with E-state index in [0.29, 0.717) is 25.1 Å². The molecule has 2 aliphatic heterocycles. The lowest BCUT2D eigenvalue weighted by Crippen LogP contribution is -2.52. The van der Waals surface area contributed by atoms with Crippen molar-refractivity contribution in [1.82, 2.24) is 15.5 Å². The predicted octanol–water partition coefficient (Wildman–Crippen LogP) is -0.166. The molecule has 1 aromatic rings. The Balaban J connectivity index is 1.73. The van der Waals surface area contributed by atoms with Gasteiger partial charge in [0.1, 0.15) is 12.2 Å². The second kappa shape index (κ2) is 7.28. The summed E-state index contributed by atoms with van der Waals surface area (Å²) in [7, 11) is 0. The lowest BCUT2D eigenvalue weighted by molar-refractivity contribution is -0.136. The zero-order chi connectivity index (χ0) is 18.0. The molecule has 0 spiro atoms. The number of hydrogen-bond donors (Lipinski definition) is 3. The molecule has 2 aliphatic rings. The van der Waals surface area contributed by atoms with Crippen molar-refractivity contribution in [1.29, 1.82) is 0 Å². The maximum atomic E-state index is 13.2. The number of nitrogens with zero attached hydrogens (tertiary/aromatic N) is 1. The molecule has 0 bridgehead atoms. The van der Waals surface area contributed by atoms with Crippen LogP contribution in [0.25, 0.3) is 0 Å². The molecular formula is C17H21FN4O3. The van der Waals surface area contributed by atoms with Gasteiger partial charge in [-0.3, -0.25) is 19.7 Å². The average Bonchev–Trinajstić information content (AvgIpc) is 2.92. The van der Waals surface area contributed by atoms with Gasteiger partial charge in [-0.2, -0.15) is 0 Å². The number of rotatable bonds is 6. The first-order chi connectivity index (χ1) is 12.0. The normalized spacial score (nSPS) is 21.3. The quantitative estimate of drug-likeness (QED) is 0.620. The maximum absolute atomic E-state index is 13.2. The van der Waals surface area contributed by atoms with E-state index in [9.17, 15) is 18.8 Å². The van der Waals surface area contributed by atoms with Crippen LogP contribution in [0.4, 0.5) is 4.39 Å². The molecular weight excluding hydrogens is 327 g/mol. The molecule has 1 saturated heterocycles. The van der Waals surface area contributed by atoms with E-state index in [2.05, 4.69) is 10.6 Å². The van der Waals surface area contributed by atoms with Gasteiger partial charge in [-0.25, -0.2) is 4.39 Å². The molecule has 2 atom stereocenters. The molecule has 134 valence electrons. The topological polar surface area (TPSA) is 105 Å². The number of hydrogen-bond acceptors (Lipinski definition) is 5. The Labute approximate surface area is 144 Å². The molecule has 1 aromatic carbocycles. The highest BCUT2D eigenvalue weighted by Crippen LogP contribution is 2.29. The van der Waals surface area contributed by atoms with E-state index in [4.69, 9.17) is 5.73 Å². The molecule has 1 fully saturated rings. The van der Waals surface area contributed by atoms with Crippen molar-refractivity contribution in [2.45, 2.75) is 38.1 Å². The number of nitrogens with one attached hydrogen (secondary N) is 2. The number of imide groups is 1. The zero-order valence-electron chi connectivity index (χ0n) is 13.8.